The van der Waals surface area contributed by atoms with Gasteiger partial charge in [-0.3, -0.25) is 0 Å². The highest BCUT2D eigenvalue weighted by molar-refractivity contribution is 6.30. The van der Waals surface area contributed by atoms with Crippen LogP contribution in [0, 0.1) is 0 Å². The Hall–Kier alpha value is -0.280. The van der Waals surface area contributed by atoms with Gasteiger partial charge in [0.25, 0.3) is 0 Å². The molecule has 0 aliphatic heterocycles. The Morgan fingerprint density at radius 1 is 1.29 bits per heavy atom. The number of halogens is 2. The fraction of sp³-hybridized carbons (Fsp3) is 0.538. The molecule has 1 aromatic rings. The summed E-state index contributed by atoms with van der Waals surface area (Å²) in [6, 6.07) is 7.95. The van der Waals surface area contributed by atoms with Crippen molar-refractivity contribution >= 4 is 24.0 Å². The van der Waals surface area contributed by atoms with Gasteiger partial charge in [0.2, 0.25) is 0 Å². The second-order valence-electron chi connectivity index (χ2n) is 3.71. The Labute approximate surface area is 115 Å². The molecule has 0 aromatic heterocycles. The van der Waals surface area contributed by atoms with Crippen LogP contribution in [0.25, 0.3) is 0 Å². The normalized spacial score (nSPS) is 10.0. The predicted molar refractivity (Wildman–Crippen MR) is 76.1 cm³/mol. The van der Waals surface area contributed by atoms with Gasteiger partial charge in [-0.25, -0.2) is 0 Å². The van der Waals surface area contributed by atoms with Crippen molar-refractivity contribution in [3.63, 3.8) is 0 Å². The maximum Gasteiger partial charge on any atom is 0.0466 e. The summed E-state index contributed by atoms with van der Waals surface area (Å²) in [7, 11) is 0. The summed E-state index contributed by atoms with van der Waals surface area (Å²) >= 11 is 5.90. The standard InChI is InChI=1S/C13H20ClNO.ClH/c1-2-16-9-4-3-8-15-11-12-6-5-7-13(14)10-12;/h5-7,10,15H,2-4,8-9,11H2,1H3;1H. The van der Waals surface area contributed by atoms with Crippen LogP contribution in [-0.4, -0.2) is 19.8 Å². The van der Waals surface area contributed by atoms with Crippen molar-refractivity contribution in [1.82, 2.24) is 5.32 Å². The molecular formula is C13H21Cl2NO. The Morgan fingerprint density at radius 3 is 2.82 bits per heavy atom. The van der Waals surface area contributed by atoms with Gasteiger partial charge >= 0.3 is 0 Å². The lowest BCUT2D eigenvalue weighted by molar-refractivity contribution is 0.143. The molecule has 0 radical (unpaired) electrons. The number of hydrogen-bond acceptors (Lipinski definition) is 2. The Bertz CT molecular complexity index is 295. The molecule has 0 fully saturated rings. The molecule has 0 saturated heterocycles. The lowest BCUT2D eigenvalue weighted by atomic mass is 10.2. The van der Waals surface area contributed by atoms with E-state index in [-0.39, 0.29) is 12.4 Å². The van der Waals surface area contributed by atoms with E-state index < -0.39 is 0 Å². The van der Waals surface area contributed by atoms with E-state index >= 15 is 0 Å². The van der Waals surface area contributed by atoms with Crippen molar-refractivity contribution in [2.75, 3.05) is 19.8 Å². The van der Waals surface area contributed by atoms with Crippen molar-refractivity contribution < 1.29 is 4.74 Å². The molecule has 1 N–H and O–H groups in total. The zero-order chi connectivity index (χ0) is 11.6. The number of unbranched alkanes of at least 4 members (excludes halogenated alkanes) is 1. The maximum absolute atomic E-state index is 5.90. The fourth-order valence-electron chi connectivity index (χ4n) is 1.48. The van der Waals surface area contributed by atoms with Crippen LogP contribution < -0.4 is 5.32 Å². The molecule has 17 heavy (non-hydrogen) atoms. The van der Waals surface area contributed by atoms with Crippen molar-refractivity contribution in [2.24, 2.45) is 0 Å². The second-order valence-corrected chi connectivity index (χ2v) is 4.15. The van der Waals surface area contributed by atoms with Crippen LogP contribution in [-0.2, 0) is 11.3 Å². The van der Waals surface area contributed by atoms with Crippen molar-refractivity contribution in [3.8, 4) is 0 Å². The Morgan fingerprint density at radius 2 is 2.12 bits per heavy atom. The minimum absolute atomic E-state index is 0. The van der Waals surface area contributed by atoms with Crippen molar-refractivity contribution in [3.05, 3.63) is 34.9 Å². The van der Waals surface area contributed by atoms with Gasteiger partial charge in [0, 0.05) is 24.8 Å². The van der Waals surface area contributed by atoms with Crippen LogP contribution in [0.15, 0.2) is 24.3 Å². The third kappa shape index (κ3) is 8.44. The average molecular weight is 278 g/mol. The molecule has 0 amide bonds. The van der Waals surface area contributed by atoms with E-state index in [1.54, 1.807) is 0 Å². The quantitative estimate of drug-likeness (QED) is 0.733. The van der Waals surface area contributed by atoms with Gasteiger partial charge in [-0.05, 0) is 44.0 Å². The molecule has 0 unspecified atom stereocenters. The first-order valence-corrected chi connectivity index (χ1v) is 6.23. The molecule has 0 saturated carbocycles. The first-order valence-electron chi connectivity index (χ1n) is 5.86. The predicted octanol–water partition coefficient (Wildman–Crippen LogP) is 3.67. The molecule has 0 bridgehead atoms. The summed E-state index contributed by atoms with van der Waals surface area (Å²) in [5.41, 5.74) is 1.23. The van der Waals surface area contributed by atoms with Gasteiger partial charge in [0.15, 0.2) is 0 Å². The Balaban J connectivity index is 0.00000256. The molecule has 0 heterocycles. The van der Waals surface area contributed by atoms with Gasteiger partial charge in [0.1, 0.15) is 0 Å². The van der Waals surface area contributed by atoms with Gasteiger partial charge in [-0.15, -0.1) is 12.4 Å². The highest BCUT2D eigenvalue weighted by Gasteiger charge is 1.94. The molecule has 2 nitrogen and oxygen atoms in total. The first kappa shape index (κ1) is 16.7. The monoisotopic (exact) mass is 277 g/mol. The number of nitrogens with one attached hydrogen (secondary N) is 1. The van der Waals surface area contributed by atoms with E-state index in [0.29, 0.717) is 0 Å². The number of hydrogen-bond donors (Lipinski definition) is 1. The van der Waals surface area contributed by atoms with Crippen LogP contribution in [0.5, 0.6) is 0 Å². The largest absolute Gasteiger partial charge is 0.382 e. The third-order valence-corrected chi connectivity index (χ3v) is 2.55. The topological polar surface area (TPSA) is 21.3 Å². The van der Waals surface area contributed by atoms with Gasteiger partial charge in [-0.1, -0.05) is 23.7 Å². The van der Waals surface area contributed by atoms with Crippen LogP contribution in [0.1, 0.15) is 25.3 Å². The lowest BCUT2D eigenvalue weighted by Gasteiger charge is -2.05. The second kappa shape index (κ2) is 10.8. The molecule has 4 heteroatoms. The minimum Gasteiger partial charge on any atom is -0.382 e. The molecule has 1 rings (SSSR count). The smallest absolute Gasteiger partial charge is 0.0466 e. The highest BCUT2D eigenvalue weighted by Crippen LogP contribution is 2.10. The summed E-state index contributed by atoms with van der Waals surface area (Å²) in [5, 5.41) is 4.19. The summed E-state index contributed by atoms with van der Waals surface area (Å²) in [5.74, 6) is 0. The van der Waals surface area contributed by atoms with Gasteiger partial charge < -0.3 is 10.1 Å². The van der Waals surface area contributed by atoms with E-state index in [4.69, 9.17) is 16.3 Å². The number of ether oxygens (including phenoxy) is 1. The van der Waals surface area contributed by atoms with Crippen LogP contribution >= 0.6 is 24.0 Å². The number of rotatable bonds is 8. The third-order valence-electron chi connectivity index (χ3n) is 2.31. The minimum atomic E-state index is 0. The van der Waals surface area contributed by atoms with E-state index in [0.717, 1.165) is 44.2 Å². The molecular weight excluding hydrogens is 257 g/mol. The zero-order valence-corrected chi connectivity index (χ0v) is 11.8. The van der Waals surface area contributed by atoms with E-state index in [2.05, 4.69) is 11.4 Å². The van der Waals surface area contributed by atoms with Gasteiger partial charge in [0.05, 0.1) is 0 Å². The SMILES string of the molecule is CCOCCCCNCc1cccc(Cl)c1.Cl. The van der Waals surface area contributed by atoms with Gasteiger partial charge in [-0.2, -0.15) is 0 Å². The molecule has 0 aliphatic carbocycles. The summed E-state index contributed by atoms with van der Waals surface area (Å²) < 4.78 is 5.27. The molecule has 0 spiro atoms. The van der Waals surface area contributed by atoms with E-state index in [1.807, 2.05) is 25.1 Å². The molecule has 0 atom stereocenters. The summed E-state index contributed by atoms with van der Waals surface area (Å²) in [6.07, 6.45) is 2.27. The van der Waals surface area contributed by atoms with Crippen molar-refractivity contribution in [1.29, 1.82) is 0 Å². The highest BCUT2D eigenvalue weighted by atomic mass is 35.5. The molecule has 0 aliphatic rings. The first-order chi connectivity index (χ1) is 7.83. The average Bonchev–Trinajstić information content (AvgIpc) is 2.28. The van der Waals surface area contributed by atoms with Crippen LogP contribution in [0.2, 0.25) is 5.02 Å². The molecule has 1 aromatic carbocycles. The fourth-order valence-corrected chi connectivity index (χ4v) is 1.69. The summed E-state index contributed by atoms with van der Waals surface area (Å²) in [6.45, 7) is 5.62. The molecule has 98 valence electrons. The number of benzene rings is 1. The van der Waals surface area contributed by atoms with E-state index in [9.17, 15) is 0 Å². The van der Waals surface area contributed by atoms with E-state index in [1.165, 1.54) is 5.56 Å². The Kier molecular flexibility index (Phi) is 10.7. The van der Waals surface area contributed by atoms with Crippen molar-refractivity contribution in [2.45, 2.75) is 26.3 Å². The van der Waals surface area contributed by atoms with Crippen LogP contribution in [0.3, 0.4) is 0 Å². The summed E-state index contributed by atoms with van der Waals surface area (Å²) in [4.78, 5) is 0. The lowest BCUT2D eigenvalue weighted by Crippen LogP contribution is -2.15. The van der Waals surface area contributed by atoms with Crippen LogP contribution in [0.4, 0.5) is 0 Å². The maximum atomic E-state index is 5.90. The zero-order valence-electron chi connectivity index (χ0n) is 10.2.